The summed E-state index contributed by atoms with van der Waals surface area (Å²) in [6.07, 6.45) is 4.63. The van der Waals surface area contributed by atoms with E-state index in [4.69, 9.17) is 4.74 Å². The third kappa shape index (κ3) is 5.46. The second-order valence-corrected chi connectivity index (χ2v) is 8.56. The molecule has 0 bridgehead atoms. The lowest BCUT2D eigenvalue weighted by atomic mass is 9.93. The van der Waals surface area contributed by atoms with Gasteiger partial charge in [0.25, 0.3) is 0 Å². The zero-order chi connectivity index (χ0) is 22.5. The number of rotatable bonds is 6. The minimum Gasteiger partial charge on any atom is -0.464 e. The molecule has 2 heterocycles. The van der Waals surface area contributed by atoms with E-state index < -0.39 is 5.97 Å². The van der Waals surface area contributed by atoms with Gasteiger partial charge in [-0.25, -0.2) is 14.8 Å². The monoisotopic (exact) mass is 440 g/mol. The number of methoxy groups -OCH3 is 1. The number of hydrogen-bond donors (Lipinski definition) is 3. The molecule has 1 aromatic heterocycles. The summed E-state index contributed by atoms with van der Waals surface area (Å²) in [4.78, 5) is 25.8. The van der Waals surface area contributed by atoms with E-state index in [1.807, 2.05) is 12.1 Å². The van der Waals surface area contributed by atoms with Crippen LogP contribution in [0.3, 0.4) is 0 Å². The Morgan fingerprint density at radius 3 is 2.44 bits per heavy atom. The Kier molecular flexibility index (Phi) is 7.06. The van der Waals surface area contributed by atoms with Crippen molar-refractivity contribution in [3.63, 3.8) is 0 Å². The average molecular weight is 441 g/mol. The van der Waals surface area contributed by atoms with Gasteiger partial charge in [-0.1, -0.05) is 0 Å². The summed E-state index contributed by atoms with van der Waals surface area (Å²) in [5, 5.41) is 16.3. The fourth-order valence-corrected chi connectivity index (χ4v) is 4.18. The first kappa shape index (κ1) is 22.3. The Morgan fingerprint density at radius 2 is 1.78 bits per heavy atom. The quantitative estimate of drug-likeness (QED) is 0.585. The number of esters is 1. The molecule has 1 saturated carbocycles. The van der Waals surface area contributed by atoms with Gasteiger partial charge in [0.2, 0.25) is 0 Å². The summed E-state index contributed by atoms with van der Waals surface area (Å²) in [6, 6.07) is 8.35. The van der Waals surface area contributed by atoms with Crippen LogP contribution in [-0.2, 0) is 4.74 Å². The van der Waals surface area contributed by atoms with Gasteiger partial charge in [-0.15, -0.1) is 0 Å². The standard InChI is InChI=1S/C23H32N6O3/c1-28-11-13-29(14-12-28)18-7-3-17(4-8-18)26-22-21(23(31)32-2)24-15-20(27-22)25-16-5-9-19(30)10-6-16/h3-4,7-8,15-16,19,30H,5-6,9-14H2,1-2H3,(H2,25,26,27)/t16-,19-. The number of likely N-dealkylation sites (N-methyl/N-ethyl adjacent to an activating group) is 1. The van der Waals surface area contributed by atoms with Gasteiger partial charge in [-0.05, 0) is 57.0 Å². The summed E-state index contributed by atoms with van der Waals surface area (Å²) in [5.41, 5.74) is 2.14. The molecule has 2 fully saturated rings. The van der Waals surface area contributed by atoms with E-state index >= 15 is 0 Å². The van der Waals surface area contributed by atoms with Crippen molar-refractivity contribution < 1.29 is 14.6 Å². The predicted octanol–water partition coefficient (Wildman–Crippen LogP) is 2.47. The van der Waals surface area contributed by atoms with Crippen LogP contribution in [0.2, 0.25) is 0 Å². The molecule has 32 heavy (non-hydrogen) atoms. The molecule has 9 heteroatoms. The highest BCUT2D eigenvalue weighted by molar-refractivity contribution is 5.93. The zero-order valence-corrected chi connectivity index (χ0v) is 18.8. The molecule has 0 atom stereocenters. The third-order valence-corrected chi connectivity index (χ3v) is 6.20. The van der Waals surface area contributed by atoms with E-state index in [0.29, 0.717) is 11.6 Å². The Labute approximate surface area is 188 Å². The Hall–Kier alpha value is -2.91. The zero-order valence-electron chi connectivity index (χ0n) is 18.8. The van der Waals surface area contributed by atoms with Crippen molar-refractivity contribution in [1.82, 2.24) is 14.9 Å². The fraction of sp³-hybridized carbons (Fsp3) is 0.522. The molecule has 1 saturated heterocycles. The number of anilines is 4. The lowest BCUT2D eigenvalue weighted by molar-refractivity contribution is 0.0595. The SMILES string of the molecule is COC(=O)c1ncc(N[C@H]2CC[C@H](O)CC2)nc1Nc1ccc(N2CCN(C)CC2)cc1. The molecule has 1 aliphatic carbocycles. The van der Waals surface area contributed by atoms with Crippen LogP contribution in [0.4, 0.5) is 23.0 Å². The lowest BCUT2D eigenvalue weighted by Crippen LogP contribution is -2.44. The van der Waals surface area contributed by atoms with Gasteiger partial charge < -0.3 is 30.3 Å². The molecule has 1 aromatic carbocycles. The van der Waals surface area contributed by atoms with Crippen molar-refractivity contribution in [2.45, 2.75) is 37.8 Å². The Bertz CT molecular complexity index is 906. The number of hydrogen-bond acceptors (Lipinski definition) is 9. The molecule has 0 unspecified atom stereocenters. The highest BCUT2D eigenvalue weighted by Gasteiger charge is 2.22. The molecule has 2 aromatic rings. The van der Waals surface area contributed by atoms with Crippen LogP contribution in [0.25, 0.3) is 0 Å². The van der Waals surface area contributed by atoms with Crippen molar-refractivity contribution in [1.29, 1.82) is 0 Å². The second kappa shape index (κ2) is 10.1. The molecule has 0 amide bonds. The summed E-state index contributed by atoms with van der Waals surface area (Å²) in [7, 11) is 3.48. The molecule has 9 nitrogen and oxygen atoms in total. The smallest absolute Gasteiger partial charge is 0.360 e. The van der Waals surface area contributed by atoms with Crippen molar-refractivity contribution in [3.8, 4) is 0 Å². The van der Waals surface area contributed by atoms with Gasteiger partial charge in [-0.3, -0.25) is 0 Å². The summed E-state index contributed by atoms with van der Waals surface area (Å²) in [6.45, 7) is 4.12. The van der Waals surface area contributed by atoms with Crippen LogP contribution in [0.15, 0.2) is 30.5 Å². The van der Waals surface area contributed by atoms with Gasteiger partial charge >= 0.3 is 5.97 Å². The molecular formula is C23H32N6O3. The molecule has 1 aliphatic heterocycles. The lowest BCUT2D eigenvalue weighted by Gasteiger charge is -2.34. The number of carbonyl (C=O) groups excluding carboxylic acids is 1. The van der Waals surface area contributed by atoms with Gasteiger partial charge in [0, 0.05) is 43.6 Å². The summed E-state index contributed by atoms with van der Waals surface area (Å²) < 4.78 is 4.88. The first-order chi connectivity index (χ1) is 15.5. The molecule has 0 radical (unpaired) electrons. The van der Waals surface area contributed by atoms with Gasteiger partial charge in [0.15, 0.2) is 11.5 Å². The number of aliphatic hydroxyl groups is 1. The topological polar surface area (TPSA) is 103 Å². The Balaban J connectivity index is 1.48. The first-order valence-corrected chi connectivity index (χ1v) is 11.2. The summed E-state index contributed by atoms with van der Waals surface area (Å²) >= 11 is 0. The number of nitrogens with zero attached hydrogens (tertiary/aromatic N) is 4. The number of aliphatic hydroxyl groups excluding tert-OH is 1. The van der Waals surface area contributed by atoms with Crippen LogP contribution in [0.1, 0.15) is 36.2 Å². The number of aromatic nitrogens is 2. The maximum atomic E-state index is 12.2. The minimum absolute atomic E-state index is 0.139. The van der Waals surface area contributed by atoms with Gasteiger partial charge in [0.1, 0.15) is 5.82 Å². The largest absolute Gasteiger partial charge is 0.464 e. The Morgan fingerprint density at radius 1 is 1.09 bits per heavy atom. The maximum Gasteiger partial charge on any atom is 0.360 e. The predicted molar refractivity (Wildman–Crippen MR) is 125 cm³/mol. The number of piperazine rings is 1. The van der Waals surface area contributed by atoms with Crippen molar-refractivity contribution >= 4 is 29.0 Å². The number of carbonyl (C=O) groups is 1. The number of benzene rings is 1. The van der Waals surface area contributed by atoms with Crippen LogP contribution in [0, 0.1) is 0 Å². The van der Waals surface area contributed by atoms with Gasteiger partial charge in [0.05, 0.1) is 19.4 Å². The van der Waals surface area contributed by atoms with E-state index in [9.17, 15) is 9.90 Å². The summed E-state index contributed by atoms with van der Waals surface area (Å²) in [5.74, 6) is 0.405. The number of ether oxygens (including phenoxy) is 1. The van der Waals surface area contributed by atoms with E-state index in [-0.39, 0.29) is 17.8 Å². The highest BCUT2D eigenvalue weighted by Crippen LogP contribution is 2.25. The van der Waals surface area contributed by atoms with Crippen LogP contribution in [-0.4, -0.2) is 78.4 Å². The number of nitrogens with one attached hydrogen (secondary N) is 2. The fourth-order valence-electron chi connectivity index (χ4n) is 4.18. The van der Waals surface area contributed by atoms with E-state index in [2.05, 4.69) is 49.6 Å². The van der Waals surface area contributed by atoms with Crippen molar-refractivity contribution in [3.05, 3.63) is 36.2 Å². The molecule has 172 valence electrons. The molecule has 4 rings (SSSR count). The molecular weight excluding hydrogens is 408 g/mol. The van der Waals surface area contributed by atoms with Crippen LogP contribution < -0.4 is 15.5 Å². The normalized spacial score (nSPS) is 21.8. The first-order valence-electron chi connectivity index (χ1n) is 11.2. The highest BCUT2D eigenvalue weighted by atomic mass is 16.5. The average Bonchev–Trinajstić information content (AvgIpc) is 2.81. The van der Waals surface area contributed by atoms with Crippen molar-refractivity contribution in [2.75, 3.05) is 55.9 Å². The van der Waals surface area contributed by atoms with Crippen molar-refractivity contribution in [2.24, 2.45) is 0 Å². The minimum atomic E-state index is -0.540. The van der Waals surface area contributed by atoms with Crippen LogP contribution in [0.5, 0.6) is 0 Å². The van der Waals surface area contributed by atoms with E-state index in [0.717, 1.165) is 57.5 Å². The van der Waals surface area contributed by atoms with Crippen LogP contribution >= 0.6 is 0 Å². The molecule has 0 spiro atoms. The van der Waals surface area contributed by atoms with E-state index in [1.165, 1.54) is 12.8 Å². The molecule has 3 N–H and O–H groups in total. The third-order valence-electron chi connectivity index (χ3n) is 6.20. The van der Waals surface area contributed by atoms with Gasteiger partial charge in [-0.2, -0.15) is 0 Å². The second-order valence-electron chi connectivity index (χ2n) is 8.56. The maximum absolute atomic E-state index is 12.2. The van der Waals surface area contributed by atoms with E-state index in [1.54, 1.807) is 6.20 Å². The molecule has 2 aliphatic rings.